The van der Waals surface area contributed by atoms with Gasteiger partial charge in [0, 0.05) is 58.6 Å². The van der Waals surface area contributed by atoms with Gasteiger partial charge in [0.05, 0.1) is 50.8 Å². The van der Waals surface area contributed by atoms with Crippen LogP contribution in [0.2, 0.25) is 0 Å². The highest BCUT2D eigenvalue weighted by Crippen LogP contribution is 2.78. The van der Waals surface area contributed by atoms with Crippen LogP contribution in [-0.2, 0) is 24.1 Å². The van der Waals surface area contributed by atoms with Gasteiger partial charge in [0.1, 0.15) is 11.5 Å². The zero-order valence-corrected chi connectivity index (χ0v) is 35.0. The van der Waals surface area contributed by atoms with Crippen molar-refractivity contribution in [1.29, 1.82) is 0 Å². The maximum atomic E-state index is 15.0. The number of ether oxygens (including phenoxy) is 3. The van der Waals surface area contributed by atoms with Crippen LogP contribution >= 0.6 is 0 Å². The standard InChI is InChI=1S/C49H58F3NO7/c1-44-18-15-36(54)25-46(44)21-22-48(39(26-46)43(56)33-11-8-12-35(23-33)49(50,51)52)41(44)16-19-45(2)42(48)17-20-47(45,57)31-53(27-34-13-14-38(58-3)24-40(34)59-4)28-37(55)30-60-29-32-9-6-5-7-10-32/h5-14,21-24,26,36-37,41-42,54-55,57H,15-20,25,27-31H2,1-4H3. The van der Waals surface area contributed by atoms with Crippen molar-refractivity contribution in [1.82, 2.24) is 4.90 Å². The van der Waals surface area contributed by atoms with E-state index in [-0.39, 0.29) is 42.5 Å². The molecule has 0 radical (unpaired) electrons. The first-order valence-corrected chi connectivity index (χ1v) is 21.3. The molecule has 3 aromatic carbocycles. The van der Waals surface area contributed by atoms with Gasteiger partial charge in [-0.05, 0) is 86.0 Å². The SMILES string of the molecule is COc1ccc(CN(CC(O)COCc2ccccc2)CC2(O)CCC3C45C=CC6(C=C4C(=O)c4cccc(C(F)(F)F)c4)CC(O)CCC6(C)C5CCC32C)c(OC)c1. The summed E-state index contributed by atoms with van der Waals surface area (Å²) in [7, 11) is 3.19. The number of ketones is 1. The molecular weight excluding hydrogens is 772 g/mol. The first kappa shape index (κ1) is 42.7. The van der Waals surface area contributed by atoms with Crippen molar-refractivity contribution in [2.24, 2.45) is 33.5 Å². The van der Waals surface area contributed by atoms with Crippen molar-refractivity contribution in [3.05, 3.63) is 119 Å². The molecule has 0 aliphatic heterocycles. The van der Waals surface area contributed by atoms with E-state index >= 15 is 0 Å². The lowest BCUT2D eigenvalue weighted by Gasteiger charge is -2.71. The van der Waals surface area contributed by atoms with Crippen LogP contribution in [-0.4, -0.2) is 77.7 Å². The first-order chi connectivity index (χ1) is 28.5. The van der Waals surface area contributed by atoms with Gasteiger partial charge < -0.3 is 29.5 Å². The highest BCUT2D eigenvalue weighted by Gasteiger charge is 2.74. The average molecular weight is 830 g/mol. The molecule has 3 fully saturated rings. The van der Waals surface area contributed by atoms with Gasteiger partial charge in [0.2, 0.25) is 0 Å². The maximum absolute atomic E-state index is 15.0. The number of aliphatic hydroxyl groups excluding tert-OH is 2. The Morgan fingerprint density at radius 1 is 0.900 bits per heavy atom. The molecule has 3 N–H and O–H groups in total. The van der Waals surface area contributed by atoms with Crippen molar-refractivity contribution in [2.45, 2.75) is 95.9 Å². The highest BCUT2D eigenvalue weighted by molar-refractivity contribution is 6.10. The second-order valence-electron chi connectivity index (χ2n) is 18.7. The Morgan fingerprint density at radius 3 is 2.37 bits per heavy atom. The number of fused-ring (bicyclic) bond motifs is 1. The maximum Gasteiger partial charge on any atom is 0.416 e. The molecule has 8 nitrogen and oxygen atoms in total. The molecule has 3 aromatic rings. The Labute approximate surface area is 351 Å². The Kier molecular flexibility index (Phi) is 11.2. The molecule has 2 bridgehead atoms. The van der Waals surface area contributed by atoms with Crippen LogP contribution in [0.4, 0.5) is 13.2 Å². The van der Waals surface area contributed by atoms with Crippen LogP contribution in [0.3, 0.4) is 0 Å². The normalized spacial score (nSPS) is 33.5. The topological polar surface area (TPSA) is 109 Å². The van der Waals surface area contributed by atoms with Crippen molar-refractivity contribution in [3.8, 4) is 11.5 Å². The number of carbonyl (C=O) groups excluding carboxylic acids is 1. The van der Waals surface area contributed by atoms with E-state index < -0.39 is 51.6 Å². The van der Waals surface area contributed by atoms with Crippen LogP contribution in [0.25, 0.3) is 0 Å². The molecule has 6 aliphatic rings. The number of nitrogens with zero attached hydrogens (tertiary/aromatic N) is 1. The summed E-state index contributed by atoms with van der Waals surface area (Å²) in [4.78, 5) is 17.0. The minimum Gasteiger partial charge on any atom is -0.497 e. The summed E-state index contributed by atoms with van der Waals surface area (Å²) in [6.07, 6.45) is 4.54. The average Bonchev–Trinajstić information content (AvgIpc) is 3.50. The van der Waals surface area contributed by atoms with Gasteiger partial charge in [-0.25, -0.2) is 0 Å². The van der Waals surface area contributed by atoms with Crippen molar-refractivity contribution >= 4 is 5.78 Å². The van der Waals surface area contributed by atoms with Gasteiger partial charge in [-0.2, -0.15) is 13.2 Å². The molecule has 9 rings (SSSR count). The fraction of sp³-hybridized carbons (Fsp3) is 0.531. The fourth-order valence-corrected chi connectivity index (χ4v) is 12.6. The van der Waals surface area contributed by atoms with Crippen LogP contribution in [0.1, 0.15) is 85.8 Å². The summed E-state index contributed by atoms with van der Waals surface area (Å²) >= 11 is 0. The van der Waals surface area contributed by atoms with Crippen LogP contribution in [0.15, 0.2) is 96.6 Å². The molecule has 60 heavy (non-hydrogen) atoms. The van der Waals surface area contributed by atoms with Crippen LogP contribution in [0, 0.1) is 33.5 Å². The van der Waals surface area contributed by atoms with Gasteiger partial charge >= 0.3 is 6.18 Å². The number of hydrogen-bond acceptors (Lipinski definition) is 8. The third-order valence-electron chi connectivity index (χ3n) is 15.7. The predicted molar refractivity (Wildman–Crippen MR) is 221 cm³/mol. The van der Waals surface area contributed by atoms with E-state index in [4.69, 9.17) is 14.2 Å². The first-order valence-electron chi connectivity index (χ1n) is 21.3. The van der Waals surface area contributed by atoms with Crippen molar-refractivity contribution in [3.63, 3.8) is 0 Å². The number of allylic oxidation sites excluding steroid dienone is 4. The zero-order chi connectivity index (χ0) is 42.7. The molecule has 0 aromatic heterocycles. The number of carbonyl (C=O) groups is 1. The summed E-state index contributed by atoms with van der Waals surface area (Å²) < 4.78 is 59.2. The van der Waals surface area contributed by atoms with Crippen molar-refractivity contribution in [2.75, 3.05) is 33.9 Å². The van der Waals surface area contributed by atoms with Crippen molar-refractivity contribution < 1.29 is 47.5 Å². The lowest BCUT2D eigenvalue weighted by Crippen LogP contribution is -2.67. The molecule has 2 spiro atoms. The zero-order valence-electron chi connectivity index (χ0n) is 35.0. The molecule has 0 saturated heterocycles. The molecule has 11 heteroatoms. The summed E-state index contributed by atoms with van der Waals surface area (Å²) in [5, 5.41) is 35.8. The second kappa shape index (κ2) is 15.7. The second-order valence-corrected chi connectivity index (χ2v) is 18.7. The third-order valence-corrected chi connectivity index (χ3v) is 15.7. The fourth-order valence-electron chi connectivity index (χ4n) is 12.6. The Bertz CT molecular complexity index is 2140. The molecule has 0 heterocycles. The summed E-state index contributed by atoms with van der Waals surface area (Å²) in [5.74, 6) is 0.579. The molecule has 322 valence electrons. The van der Waals surface area contributed by atoms with Gasteiger partial charge in [-0.3, -0.25) is 9.69 Å². The van der Waals surface area contributed by atoms with Crippen LogP contribution < -0.4 is 9.47 Å². The van der Waals surface area contributed by atoms with Gasteiger partial charge in [-0.1, -0.05) is 80.6 Å². The number of halogens is 3. The highest BCUT2D eigenvalue weighted by atomic mass is 19.4. The molecule has 0 amide bonds. The van der Waals surface area contributed by atoms with Crippen LogP contribution in [0.5, 0.6) is 11.5 Å². The number of benzene rings is 3. The lowest BCUT2D eigenvalue weighted by molar-refractivity contribution is -0.177. The van der Waals surface area contributed by atoms with E-state index in [1.54, 1.807) is 14.2 Å². The monoisotopic (exact) mass is 829 g/mol. The minimum atomic E-state index is -4.61. The van der Waals surface area contributed by atoms with E-state index in [1.165, 1.54) is 12.1 Å². The minimum absolute atomic E-state index is 0.0109. The van der Waals surface area contributed by atoms with E-state index in [2.05, 4.69) is 30.9 Å². The number of hydrogen-bond donors (Lipinski definition) is 3. The molecule has 9 unspecified atom stereocenters. The third kappa shape index (κ3) is 7.02. The molecule has 9 atom stereocenters. The molecule has 3 saturated carbocycles. The van der Waals surface area contributed by atoms with Gasteiger partial charge in [0.25, 0.3) is 0 Å². The number of Topliss-reactive ketones (excluding diaryl/α,β-unsaturated/α-hetero) is 1. The van der Waals surface area contributed by atoms with E-state index in [0.29, 0.717) is 68.7 Å². The number of methoxy groups -OCH3 is 2. The summed E-state index contributed by atoms with van der Waals surface area (Å²) in [6.45, 7) is 5.59. The number of rotatable bonds is 14. The van der Waals surface area contributed by atoms with E-state index in [1.807, 2.05) is 54.6 Å². The van der Waals surface area contributed by atoms with E-state index in [0.717, 1.165) is 29.7 Å². The molecule has 6 aliphatic carbocycles. The smallest absolute Gasteiger partial charge is 0.416 e. The quantitative estimate of drug-likeness (QED) is 0.110. The number of aliphatic hydroxyl groups is 3. The van der Waals surface area contributed by atoms with Gasteiger partial charge in [-0.15, -0.1) is 0 Å². The lowest BCUT2D eigenvalue weighted by atomic mass is 9.32. The van der Waals surface area contributed by atoms with E-state index in [9.17, 15) is 33.3 Å². The Morgan fingerprint density at radius 2 is 1.63 bits per heavy atom. The summed E-state index contributed by atoms with van der Waals surface area (Å²) in [6, 6.07) is 20.1. The summed E-state index contributed by atoms with van der Waals surface area (Å²) in [5.41, 5.74) is -2.32. The largest absolute Gasteiger partial charge is 0.497 e. The Hall–Kier alpha value is -4.00. The van der Waals surface area contributed by atoms with Gasteiger partial charge in [0.15, 0.2) is 5.78 Å². The Balaban J connectivity index is 1.14. The molecular formula is C49H58F3NO7. The predicted octanol–water partition coefficient (Wildman–Crippen LogP) is 8.58. The number of alkyl halides is 3.